The van der Waals surface area contributed by atoms with E-state index in [0.29, 0.717) is 11.0 Å². The van der Waals surface area contributed by atoms with Crippen LogP contribution in [0.3, 0.4) is 0 Å². The number of hydrogen-bond acceptors (Lipinski definition) is 2. The summed E-state index contributed by atoms with van der Waals surface area (Å²) in [5.41, 5.74) is 0.970. The predicted molar refractivity (Wildman–Crippen MR) is 75.8 cm³/mol. The first-order chi connectivity index (χ1) is 7.98. The third-order valence-electron chi connectivity index (χ3n) is 4.50. The molecule has 105 valence electrons. The molecule has 2 fully saturated rings. The Balaban J connectivity index is 0.000000917. The number of nitrogens with one attached hydrogen (secondary N) is 1. The monoisotopic (exact) mass is 328 g/mol. The molecule has 1 radical (unpaired) electrons. The van der Waals surface area contributed by atoms with Crippen LogP contribution in [-0.4, -0.2) is 30.1 Å². The number of fused-ring (bicyclic) bond motifs is 1. The average molecular weight is 328 g/mol. The molecule has 2 nitrogen and oxygen atoms in total. The van der Waals surface area contributed by atoms with E-state index in [1.54, 1.807) is 0 Å². The molecule has 0 bridgehead atoms. The summed E-state index contributed by atoms with van der Waals surface area (Å²) >= 11 is 0. The Labute approximate surface area is 140 Å². The molecule has 3 atom stereocenters. The summed E-state index contributed by atoms with van der Waals surface area (Å²) < 4.78 is 0. The molecule has 0 aliphatic carbocycles. The molecular weight excluding hydrogens is 297 g/mol. The van der Waals surface area contributed by atoms with Crippen molar-refractivity contribution in [2.24, 2.45) is 11.3 Å². The molecule has 2 saturated heterocycles. The third kappa shape index (κ3) is 4.54. The zero-order valence-corrected chi connectivity index (χ0v) is 15.9. The molecule has 0 spiro atoms. The van der Waals surface area contributed by atoms with E-state index >= 15 is 0 Å². The Hall–Kier alpha value is 1.02. The summed E-state index contributed by atoms with van der Waals surface area (Å²) in [6.45, 7) is 15.0. The summed E-state index contributed by atoms with van der Waals surface area (Å²) in [5.74, 6) is 0.787. The van der Waals surface area contributed by atoms with Gasteiger partial charge in [0.15, 0.2) is 0 Å². The molecule has 0 aromatic rings. The van der Waals surface area contributed by atoms with E-state index in [1.165, 1.54) is 32.4 Å². The van der Waals surface area contributed by atoms with Crippen LogP contribution in [0.25, 0.3) is 0 Å². The number of nitrogens with zero attached hydrogens (tertiary/aromatic N) is 1. The molecule has 3 unspecified atom stereocenters. The van der Waals surface area contributed by atoms with Crippen molar-refractivity contribution in [3.05, 3.63) is 7.05 Å². The van der Waals surface area contributed by atoms with Gasteiger partial charge in [-0.2, -0.15) is 0 Å². The Bertz CT molecular complexity index is 243. The molecule has 1 N–H and O–H groups in total. The van der Waals surface area contributed by atoms with Crippen LogP contribution in [0.2, 0.25) is 0 Å². The van der Waals surface area contributed by atoms with Gasteiger partial charge in [-0.05, 0) is 50.6 Å². The van der Waals surface area contributed by atoms with Crippen LogP contribution < -0.4 is 5.32 Å². The fourth-order valence-corrected chi connectivity index (χ4v) is 3.49. The maximum atomic E-state index is 3.79. The van der Waals surface area contributed by atoms with Gasteiger partial charge in [0.1, 0.15) is 0 Å². The maximum Gasteiger partial charge on any atom is 0.0314 e. The second kappa shape index (κ2) is 7.71. The number of hydrogen-bond donors (Lipinski definition) is 1. The van der Waals surface area contributed by atoms with E-state index in [-0.39, 0.29) is 32.7 Å². The first kappa shape index (κ1) is 19.0. The van der Waals surface area contributed by atoms with Crippen LogP contribution in [0.1, 0.15) is 53.9 Å². The van der Waals surface area contributed by atoms with Crippen molar-refractivity contribution in [2.45, 2.75) is 59.4 Å². The van der Waals surface area contributed by atoms with Crippen LogP contribution in [0.15, 0.2) is 0 Å². The zero-order valence-electron chi connectivity index (χ0n) is 13.1. The van der Waals surface area contributed by atoms with Crippen LogP contribution in [0, 0.1) is 18.4 Å². The topological polar surface area (TPSA) is 15.0 Å². The number of rotatable bonds is 2. The molecule has 2 rings (SSSR count). The van der Waals surface area contributed by atoms with E-state index in [2.05, 4.69) is 38.0 Å². The molecular formula is C15H31N2Y-. The van der Waals surface area contributed by atoms with E-state index in [1.807, 2.05) is 13.8 Å². The van der Waals surface area contributed by atoms with Crippen molar-refractivity contribution in [3.63, 3.8) is 0 Å². The van der Waals surface area contributed by atoms with E-state index in [0.717, 1.165) is 12.5 Å². The minimum Gasteiger partial charge on any atom is -0.472 e. The van der Waals surface area contributed by atoms with Crippen molar-refractivity contribution in [1.82, 2.24) is 10.2 Å². The minimum atomic E-state index is 0. The second-order valence-electron chi connectivity index (χ2n) is 6.38. The Morgan fingerprint density at radius 2 is 1.89 bits per heavy atom. The van der Waals surface area contributed by atoms with Gasteiger partial charge in [-0.1, -0.05) is 27.7 Å². The molecule has 18 heavy (non-hydrogen) atoms. The summed E-state index contributed by atoms with van der Waals surface area (Å²) in [6, 6.07) is 0. The van der Waals surface area contributed by atoms with Crippen molar-refractivity contribution in [2.75, 3.05) is 19.6 Å². The van der Waals surface area contributed by atoms with Crippen LogP contribution in [0.4, 0.5) is 0 Å². The Kier molecular flexibility index (Phi) is 8.15. The van der Waals surface area contributed by atoms with Gasteiger partial charge in [0.05, 0.1) is 0 Å². The van der Waals surface area contributed by atoms with Gasteiger partial charge in [0.2, 0.25) is 0 Å². The maximum absolute atomic E-state index is 3.79. The fourth-order valence-electron chi connectivity index (χ4n) is 3.49. The molecule has 0 amide bonds. The summed E-state index contributed by atoms with van der Waals surface area (Å²) in [4.78, 5) is 2.64. The fraction of sp³-hybridized carbons (Fsp3) is 0.933. The molecule has 0 saturated carbocycles. The molecule has 0 aromatic heterocycles. The first-order valence-electron chi connectivity index (χ1n) is 7.23. The molecule has 2 heterocycles. The van der Waals surface area contributed by atoms with Gasteiger partial charge in [-0.25, -0.2) is 0 Å². The van der Waals surface area contributed by atoms with E-state index in [4.69, 9.17) is 0 Å². The molecule has 2 aliphatic rings. The Morgan fingerprint density at radius 3 is 2.44 bits per heavy atom. The third-order valence-corrected chi connectivity index (χ3v) is 4.50. The summed E-state index contributed by atoms with van der Waals surface area (Å²) in [5, 5.41) is 3.12. The quantitative estimate of drug-likeness (QED) is 0.618. The average Bonchev–Trinajstić information content (AvgIpc) is 2.87. The van der Waals surface area contributed by atoms with Gasteiger partial charge in [-0.3, -0.25) is 11.9 Å². The SMILES string of the molecule is CC.[CH2-]NCC1CCCN2CC2(C)CC1(C)C.[Y]. The van der Waals surface area contributed by atoms with Crippen molar-refractivity contribution in [3.8, 4) is 0 Å². The summed E-state index contributed by atoms with van der Waals surface area (Å²) in [7, 11) is 3.79. The standard InChI is InChI=1S/C13H25N2.C2H6.Y/c1-12(2)9-13(3)10-15(13)7-5-6-11(12)8-14-4;1-2;/h11,14H,4-10H2,1-3H3;1-2H3;/q-1;;. The van der Waals surface area contributed by atoms with Gasteiger partial charge < -0.3 is 5.32 Å². The second-order valence-corrected chi connectivity index (χ2v) is 6.38. The van der Waals surface area contributed by atoms with Gasteiger partial charge in [0.25, 0.3) is 0 Å². The van der Waals surface area contributed by atoms with Crippen molar-refractivity contribution >= 4 is 0 Å². The Morgan fingerprint density at radius 1 is 1.28 bits per heavy atom. The van der Waals surface area contributed by atoms with E-state index < -0.39 is 0 Å². The van der Waals surface area contributed by atoms with Gasteiger partial charge >= 0.3 is 0 Å². The van der Waals surface area contributed by atoms with Gasteiger partial charge in [0, 0.05) is 44.8 Å². The molecule has 2 aliphatic heterocycles. The first-order valence-corrected chi connectivity index (χ1v) is 7.23. The van der Waals surface area contributed by atoms with Gasteiger partial charge in [-0.15, -0.1) is 0 Å². The van der Waals surface area contributed by atoms with E-state index in [9.17, 15) is 0 Å². The van der Waals surface area contributed by atoms with Crippen molar-refractivity contribution in [1.29, 1.82) is 0 Å². The minimum absolute atomic E-state index is 0. The largest absolute Gasteiger partial charge is 0.472 e. The smallest absolute Gasteiger partial charge is 0.0314 e. The van der Waals surface area contributed by atoms with Crippen molar-refractivity contribution < 1.29 is 32.7 Å². The molecule has 0 aromatic carbocycles. The summed E-state index contributed by atoms with van der Waals surface area (Å²) in [6.07, 6.45) is 4.04. The zero-order chi connectivity index (χ0) is 13.1. The molecule has 3 heteroatoms. The van der Waals surface area contributed by atoms with Crippen LogP contribution in [0.5, 0.6) is 0 Å². The van der Waals surface area contributed by atoms with Crippen LogP contribution >= 0.6 is 0 Å². The predicted octanol–water partition coefficient (Wildman–Crippen LogP) is 3.29. The normalized spacial score (nSPS) is 37.0. The van der Waals surface area contributed by atoms with Crippen LogP contribution in [-0.2, 0) is 32.7 Å².